The molecule has 0 amide bonds. The minimum atomic E-state index is 0.433. The smallest absolute Gasteiger partial charge is 0.126 e. The zero-order valence-electron chi connectivity index (χ0n) is 11.5. The standard InChI is InChI=1S/C15H23NO2/c1-11(9-10-16-12-7-8-12)15-13(17-2)5-4-6-14(15)18-3/h4-6,11-12,16H,7-10H2,1-3H3. The average Bonchev–Trinajstić information content (AvgIpc) is 3.21. The summed E-state index contributed by atoms with van der Waals surface area (Å²) >= 11 is 0. The Morgan fingerprint density at radius 3 is 2.33 bits per heavy atom. The van der Waals surface area contributed by atoms with E-state index in [1.807, 2.05) is 18.2 Å². The van der Waals surface area contributed by atoms with Crippen LogP contribution in [0.15, 0.2) is 18.2 Å². The lowest BCUT2D eigenvalue weighted by Crippen LogP contribution is -2.19. The lowest BCUT2D eigenvalue weighted by Gasteiger charge is -2.19. The first-order valence-corrected chi connectivity index (χ1v) is 6.70. The minimum Gasteiger partial charge on any atom is -0.496 e. The SMILES string of the molecule is COc1cccc(OC)c1C(C)CCNC1CC1. The largest absolute Gasteiger partial charge is 0.496 e. The molecule has 1 aromatic rings. The highest BCUT2D eigenvalue weighted by Crippen LogP contribution is 2.36. The Hall–Kier alpha value is -1.22. The third-order valence-electron chi connectivity index (χ3n) is 3.55. The van der Waals surface area contributed by atoms with E-state index in [9.17, 15) is 0 Å². The molecule has 0 aromatic heterocycles. The molecule has 100 valence electrons. The Balaban J connectivity index is 2.03. The lowest BCUT2D eigenvalue weighted by molar-refractivity contribution is 0.378. The molecule has 0 radical (unpaired) electrons. The van der Waals surface area contributed by atoms with Gasteiger partial charge in [0.25, 0.3) is 0 Å². The second-order valence-corrected chi connectivity index (χ2v) is 4.99. The molecule has 1 unspecified atom stereocenters. The van der Waals surface area contributed by atoms with Crippen molar-refractivity contribution in [2.45, 2.75) is 38.1 Å². The number of hydrogen-bond donors (Lipinski definition) is 1. The van der Waals surface area contributed by atoms with Crippen molar-refractivity contribution in [1.82, 2.24) is 5.32 Å². The molecule has 0 bridgehead atoms. The van der Waals surface area contributed by atoms with Gasteiger partial charge in [0.1, 0.15) is 11.5 Å². The molecule has 1 aliphatic rings. The normalized spacial score (nSPS) is 16.4. The van der Waals surface area contributed by atoms with Crippen LogP contribution in [0.1, 0.15) is 37.7 Å². The molecule has 1 fully saturated rings. The zero-order valence-corrected chi connectivity index (χ0v) is 11.5. The van der Waals surface area contributed by atoms with Gasteiger partial charge in [-0.05, 0) is 43.9 Å². The van der Waals surface area contributed by atoms with Crippen molar-refractivity contribution in [2.75, 3.05) is 20.8 Å². The number of benzene rings is 1. The molecular weight excluding hydrogens is 226 g/mol. The van der Waals surface area contributed by atoms with E-state index in [-0.39, 0.29) is 0 Å². The van der Waals surface area contributed by atoms with E-state index >= 15 is 0 Å². The highest BCUT2D eigenvalue weighted by atomic mass is 16.5. The summed E-state index contributed by atoms with van der Waals surface area (Å²) in [5.74, 6) is 2.28. The van der Waals surface area contributed by atoms with Crippen molar-refractivity contribution in [2.24, 2.45) is 0 Å². The van der Waals surface area contributed by atoms with Gasteiger partial charge in [-0.15, -0.1) is 0 Å². The fourth-order valence-corrected chi connectivity index (χ4v) is 2.30. The van der Waals surface area contributed by atoms with Crippen LogP contribution >= 0.6 is 0 Å². The van der Waals surface area contributed by atoms with E-state index < -0.39 is 0 Å². The Morgan fingerprint density at radius 1 is 1.22 bits per heavy atom. The van der Waals surface area contributed by atoms with Gasteiger partial charge in [-0.3, -0.25) is 0 Å². The van der Waals surface area contributed by atoms with Crippen molar-refractivity contribution >= 4 is 0 Å². The van der Waals surface area contributed by atoms with Gasteiger partial charge in [-0.2, -0.15) is 0 Å². The Kier molecular flexibility index (Phi) is 4.48. The van der Waals surface area contributed by atoms with Crippen LogP contribution in [0.25, 0.3) is 0 Å². The van der Waals surface area contributed by atoms with E-state index in [1.165, 1.54) is 18.4 Å². The van der Waals surface area contributed by atoms with Gasteiger partial charge < -0.3 is 14.8 Å². The second kappa shape index (κ2) is 6.10. The molecule has 1 N–H and O–H groups in total. The van der Waals surface area contributed by atoms with Crippen molar-refractivity contribution < 1.29 is 9.47 Å². The van der Waals surface area contributed by atoms with Gasteiger partial charge in [0.15, 0.2) is 0 Å². The highest BCUT2D eigenvalue weighted by Gasteiger charge is 2.21. The quantitative estimate of drug-likeness (QED) is 0.806. The van der Waals surface area contributed by atoms with E-state index in [1.54, 1.807) is 14.2 Å². The summed E-state index contributed by atoms with van der Waals surface area (Å²) in [5, 5.41) is 3.55. The third-order valence-corrected chi connectivity index (χ3v) is 3.55. The van der Waals surface area contributed by atoms with Crippen molar-refractivity contribution in [1.29, 1.82) is 0 Å². The maximum atomic E-state index is 5.45. The predicted octanol–water partition coefficient (Wildman–Crippen LogP) is 2.95. The maximum Gasteiger partial charge on any atom is 0.126 e. The number of hydrogen-bond acceptors (Lipinski definition) is 3. The van der Waals surface area contributed by atoms with Crippen LogP contribution in [0.5, 0.6) is 11.5 Å². The molecular formula is C15H23NO2. The molecule has 1 saturated carbocycles. The summed E-state index contributed by atoms with van der Waals surface area (Å²) in [6, 6.07) is 6.75. The summed E-state index contributed by atoms with van der Waals surface area (Å²) in [4.78, 5) is 0. The molecule has 0 saturated heterocycles. The number of rotatable bonds is 7. The average molecular weight is 249 g/mol. The topological polar surface area (TPSA) is 30.5 Å². The molecule has 18 heavy (non-hydrogen) atoms. The van der Waals surface area contributed by atoms with E-state index in [0.717, 1.165) is 30.5 Å². The fourth-order valence-electron chi connectivity index (χ4n) is 2.30. The van der Waals surface area contributed by atoms with Crippen LogP contribution in [0.3, 0.4) is 0 Å². The molecule has 0 aliphatic heterocycles. The van der Waals surface area contributed by atoms with E-state index in [2.05, 4.69) is 12.2 Å². The van der Waals surface area contributed by atoms with Gasteiger partial charge >= 0.3 is 0 Å². The third kappa shape index (κ3) is 3.16. The molecule has 0 heterocycles. The van der Waals surface area contributed by atoms with Crippen LogP contribution in [0.2, 0.25) is 0 Å². The van der Waals surface area contributed by atoms with Crippen LogP contribution in [-0.2, 0) is 0 Å². The zero-order chi connectivity index (χ0) is 13.0. The maximum absolute atomic E-state index is 5.45. The van der Waals surface area contributed by atoms with Crippen LogP contribution < -0.4 is 14.8 Å². The first-order chi connectivity index (χ1) is 8.76. The molecule has 3 heteroatoms. The number of methoxy groups -OCH3 is 2. The van der Waals surface area contributed by atoms with Gasteiger partial charge in [0.05, 0.1) is 14.2 Å². The Morgan fingerprint density at radius 2 is 1.83 bits per heavy atom. The molecule has 0 spiro atoms. The van der Waals surface area contributed by atoms with Crippen molar-refractivity contribution in [3.63, 3.8) is 0 Å². The predicted molar refractivity (Wildman–Crippen MR) is 73.6 cm³/mol. The Bertz CT molecular complexity index is 366. The summed E-state index contributed by atoms with van der Waals surface area (Å²) in [7, 11) is 3.43. The lowest BCUT2D eigenvalue weighted by atomic mass is 9.95. The monoisotopic (exact) mass is 249 g/mol. The van der Waals surface area contributed by atoms with Crippen molar-refractivity contribution in [3.8, 4) is 11.5 Å². The summed E-state index contributed by atoms with van der Waals surface area (Å²) in [6.07, 6.45) is 3.78. The summed E-state index contributed by atoms with van der Waals surface area (Å²) in [5.41, 5.74) is 1.18. The van der Waals surface area contributed by atoms with Crippen molar-refractivity contribution in [3.05, 3.63) is 23.8 Å². The second-order valence-electron chi connectivity index (χ2n) is 4.99. The number of nitrogens with one attached hydrogen (secondary N) is 1. The number of ether oxygens (including phenoxy) is 2. The summed E-state index contributed by atoms with van der Waals surface area (Å²) in [6.45, 7) is 3.29. The van der Waals surface area contributed by atoms with Gasteiger partial charge in [-0.25, -0.2) is 0 Å². The van der Waals surface area contributed by atoms with Gasteiger partial charge in [-0.1, -0.05) is 13.0 Å². The Labute approximate surface area is 109 Å². The fraction of sp³-hybridized carbons (Fsp3) is 0.600. The van der Waals surface area contributed by atoms with Gasteiger partial charge in [0, 0.05) is 11.6 Å². The van der Waals surface area contributed by atoms with E-state index in [4.69, 9.17) is 9.47 Å². The van der Waals surface area contributed by atoms with Crippen LogP contribution in [0.4, 0.5) is 0 Å². The molecule has 1 aromatic carbocycles. The minimum absolute atomic E-state index is 0.433. The van der Waals surface area contributed by atoms with E-state index in [0.29, 0.717) is 5.92 Å². The molecule has 2 rings (SSSR count). The molecule has 3 nitrogen and oxygen atoms in total. The van der Waals surface area contributed by atoms with Crippen LogP contribution in [-0.4, -0.2) is 26.8 Å². The van der Waals surface area contributed by atoms with Crippen LogP contribution in [0, 0.1) is 0 Å². The molecule has 1 aliphatic carbocycles. The summed E-state index contributed by atoms with van der Waals surface area (Å²) < 4.78 is 10.9. The molecule has 1 atom stereocenters. The van der Waals surface area contributed by atoms with Gasteiger partial charge in [0.2, 0.25) is 0 Å². The first kappa shape index (κ1) is 13.2. The first-order valence-electron chi connectivity index (χ1n) is 6.70. The highest BCUT2D eigenvalue weighted by molar-refractivity contribution is 5.46.